The second kappa shape index (κ2) is 10.7. The van der Waals surface area contributed by atoms with Gasteiger partial charge in [-0.05, 0) is 53.1 Å². The maximum Gasteiger partial charge on any atom is 0.155 e. The van der Waals surface area contributed by atoms with Gasteiger partial charge in [-0.25, -0.2) is 9.97 Å². The molecule has 0 saturated heterocycles. The summed E-state index contributed by atoms with van der Waals surface area (Å²) < 4.78 is 8.57. The molecule has 6 nitrogen and oxygen atoms in total. The fourth-order valence-electron chi connectivity index (χ4n) is 6.21. The van der Waals surface area contributed by atoms with Gasteiger partial charge in [-0.2, -0.15) is 0 Å². The van der Waals surface area contributed by atoms with E-state index >= 15 is 0 Å². The van der Waals surface area contributed by atoms with Crippen molar-refractivity contribution in [3.05, 3.63) is 114 Å². The van der Waals surface area contributed by atoms with E-state index in [0.29, 0.717) is 28.2 Å². The minimum absolute atomic E-state index is 0. The zero-order chi connectivity index (χ0) is 30.2. The van der Waals surface area contributed by atoms with Crippen LogP contribution in [0.25, 0.3) is 72.3 Å². The van der Waals surface area contributed by atoms with Crippen molar-refractivity contribution in [2.75, 3.05) is 0 Å². The van der Waals surface area contributed by atoms with Gasteiger partial charge in [0.25, 0.3) is 0 Å². The fraction of sp³-hybridized carbons (Fsp3) is 0.132. The summed E-state index contributed by atoms with van der Waals surface area (Å²) in [6, 6.07) is 33.9. The summed E-state index contributed by atoms with van der Waals surface area (Å²) in [4.78, 5) is 14.8. The van der Waals surface area contributed by atoms with Crippen LogP contribution in [-0.2, 0) is 26.5 Å². The molecular formula is C38H29N4O2Pt-. The molecule has 0 aliphatic rings. The number of fused-ring (bicyclic) bond motifs is 6. The average molecular weight is 769 g/mol. The SMILES string of the molecule is Cc1cc(-c2nc(-c3cccc(C(C)(C)C)c3O)nc3c2oc2ccccc23)[c-]c(-n2c3ccccc3c3cccnc32)c1.[Pt]. The molecule has 1 N–H and O–H groups in total. The van der Waals surface area contributed by atoms with Crippen LogP contribution in [-0.4, -0.2) is 24.6 Å². The Labute approximate surface area is 274 Å². The molecule has 0 saturated carbocycles. The third-order valence-corrected chi connectivity index (χ3v) is 8.23. The Morgan fingerprint density at radius 3 is 2.40 bits per heavy atom. The van der Waals surface area contributed by atoms with Crippen molar-refractivity contribution in [3.8, 4) is 34.1 Å². The van der Waals surface area contributed by atoms with Crippen LogP contribution in [0.5, 0.6) is 5.75 Å². The van der Waals surface area contributed by atoms with Crippen molar-refractivity contribution >= 4 is 44.0 Å². The summed E-state index contributed by atoms with van der Waals surface area (Å²) in [5.41, 5.74) is 8.33. The van der Waals surface area contributed by atoms with E-state index < -0.39 is 0 Å². The van der Waals surface area contributed by atoms with Crippen molar-refractivity contribution in [2.45, 2.75) is 33.1 Å². The summed E-state index contributed by atoms with van der Waals surface area (Å²) in [6.07, 6.45) is 1.82. The minimum atomic E-state index is -0.259. The standard InChI is InChI=1S/C38H29N4O2.Pt/c1-22-19-23(21-24(20-22)42-30-16-7-5-11-25(30)26-14-10-18-39-37(26)42)32-35-33(27-12-6-8-17-31(27)44-35)41-36(40-32)28-13-9-15-29(34(28)43)38(2,3)4;/h5-20,43H,1-4H3;/q-1;. The summed E-state index contributed by atoms with van der Waals surface area (Å²) in [5.74, 6) is 0.612. The fourth-order valence-corrected chi connectivity index (χ4v) is 6.21. The third kappa shape index (κ3) is 4.63. The Bertz CT molecular complexity index is 2360. The normalized spacial score (nSPS) is 11.9. The molecule has 4 aromatic carbocycles. The summed E-state index contributed by atoms with van der Waals surface area (Å²) >= 11 is 0. The Morgan fingerprint density at radius 1 is 0.822 bits per heavy atom. The quantitative estimate of drug-likeness (QED) is 0.182. The predicted molar refractivity (Wildman–Crippen MR) is 176 cm³/mol. The smallest absolute Gasteiger partial charge is 0.155 e. The van der Waals surface area contributed by atoms with E-state index in [4.69, 9.17) is 19.4 Å². The summed E-state index contributed by atoms with van der Waals surface area (Å²) in [5, 5.41) is 14.6. The molecular weight excluding hydrogens is 740 g/mol. The molecule has 0 bridgehead atoms. The maximum atomic E-state index is 11.5. The molecule has 45 heavy (non-hydrogen) atoms. The molecule has 4 heterocycles. The van der Waals surface area contributed by atoms with Crippen molar-refractivity contribution in [2.24, 2.45) is 0 Å². The first-order valence-electron chi connectivity index (χ1n) is 14.7. The summed E-state index contributed by atoms with van der Waals surface area (Å²) in [7, 11) is 0. The largest absolute Gasteiger partial charge is 0.507 e. The second-order valence-electron chi connectivity index (χ2n) is 12.3. The molecule has 0 fully saturated rings. The number of hydrogen-bond acceptors (Lipinski definition) is 5. The number of pyridine rings is 1. The monoisotopic (exact) mass is 768 g/mol. The number of aryl methyl sites for hydroxylation is 1. The number of aromatic nitrogens is 4. The van der Waals surface area contributed by atoms with Crippen LogP contribution in [0.15, 0.2) is 102 Å². The molecule has 4 aromatic heterocycles. The first kappa shape index (κ1) is 28.9. The zero-order valence-electron chi connectivity index (χ0n) is 25.2. The number of para-hydroxylation sites is 3. The molecule has 0 amide bonds. The Hall–Kier alpha value is -4.80. The van der Waals surface area contributed by atoms with Gasteiger partial charge in [-0.1, -0.05) is 70.2 Å². The van der Waals surface area contributed by atoms with Gasteiger partial charge in [0.1, 0.15) is 28.1 Å². The molecule has 224 valence electrons. The van der Waals surface area contributed by atoms with Gasteiger partial charge in [0, 0.05) is 49.1 Å². The molecule has 0 unspecified atom stereocenters. The van der Waals surface area contributed by atoms with Crippen LogP contribution >= 0.6 is 0 Å². The predicted octanol–water partition coefficient (Wildman–Crippen LogP) is 9.31. The van der Waals surface area contributed by atoms with Gasteiger partial charge in [0.05, 0.1) is 11.1 Å². The number of phenolic OH excluding ortho intramolecular Hbond substituents is 1. The zero-order valence-corrected chi connectivity index (χ0v) is 27.5. The third-order valence-electron chi connectivity index (χ3n) is 8.23. The van der Waals surface area contributed by atoms with Crippen molar-refractivity contribution in [1.82, 2.24) is 19.5 Å². The summed E-state index contributed by atoms with van der Waals surface area (Å²) in [6.45, 7) is 8.31. The van der Waals surface area contributed by atoms with Gasteiger partial charge in [-0.3, -0.25) is 4.98 Å². The van der Waals surface area contributed by atoms with Crippen LogP contribution < -0.4 is 0 Å². The molecule has 7 heteroatoms. The molecule has 0 radical (unpaired) electrons. The number of hydrogen-bond donors (Lipinski definition) is 1. The number of aromatic hydroxyl groups is 1. The van der Waals surface area contributed by atoms with E-state index in [1.165, 1.54) is 0 Å². The number of benzene rings is 4. The van der Waals surface area contributed by atoms with Gasteiger partial charge < -0.3 is 14.1 Å². The van der Waals surface area contributed by atoms with Crippen molar-refractivity contribution < 1.29 is 30.6 Å². The van der Waals surface area contributed by atoms with E-state index in [0.717, 1.165) is 55.3 Å². The van der Waals surface area contributed by atoms with Crippen molar-refractivity contribution in [1.29, 1.82) is 0 Å². The second-order valence-corrected chi connectivity index (χ2v) is 12.3. The Kier molecular flexibility index (Phi) is 6.86. The number of furan rings is 1. The number of phenols is 1. The number of rotatable bonds is 3. The molecule has 8 rings (SSSR count). The first-order chi connectivity index (χ1) is 21.3. The van der Waals surface area contributed by atoms with E-state index in [9.17, 15) is 5.11 Å². The van der Waals surface area contributed by atoms with Crippen LogP contribution in [0.1, 0.15) is 31.9 Å². The van der Waals surface area contributed by atoms with Gasteiger partial charge in [0.2, 0.25) is 0 Å². The number of nitrogens with zero attached hydrogens (tertiary/aromatic N) is 4. The molecule has 8 aromatic rings. The Balaban J connectivity index is 0.00000325. The van der Waals surface area contributed by atoms with Crippen molar-refractivity contribution in [3.63, 3.8) is 0 Å². The van der Waals surface area contributed by atoms with E-state index in [-0.39, 0.29) is 32.2 Å². The van der Waals surface area contributed by atoms with Gasteiger partial charge >= 0.3 is 0 Å². The first-order valence-corrected chi connectivity index (χ1v) is 14.7. The molecule has 0 aliphatic carbocycles. The Morgan fingerprint density at radius 2 is 1.58 bits per heavy atom. The average Bonchev–Trinajstić information content (AvgIpc) is 3.56. The minimum Gasteiger partial charge on any atom is -0.507 e. The molecule has 0 spiro atoms. The topological polar surface area (TPSA) is 77.0 Å². The van der Waals surface area contributed by atoms with Gasteiger partial charge in [-0.15, -0.1) is 29.3 Å². The van der Waals surface area contributed by atoms with E-state index in [1.54, 1.807) is 0 Å². The van der Waals surface area contributed by atoms with Crippen LogP contribution in [0.2, 0.25) is 0 Å². The van der Waals surface area contributed by atoms with Gasteiger partial charge in [0.15, 0.2) is 5.82 Å². The van der Waals surface area contributed by atoms with Crippen LogP contribution in [0.3, 0.4) is 0 Å². The molecule has 0 aliphatic heterocycles. The van der Waals surface area contributed by atoms with Crippen LogP contribution in [0, 0.1) is 13.0 Å². The maximum absolute atomic E-state index is 11.5. The van der Waals surface area contributed by atoms with E-state index in [2.05, 4.69) is 74.7 Å². The van der Waals surface area contributed by atoms with E-state index in [1.807, 2.05) is 60.8 Å². The van der Waals surface area contributed by atoms with Crippen LogP contribution in [0.4, 0.5) is 0 Å². The molecule has 0 atom stereocenters.